The van der Waals surface area contributed by atoms with Crippen molar-refractivity contribution in [3.05, 3.63) is 30.0 Å². The average Bonchev–Trinajstić information content (AvgIpc) is 2.56. The summed E-state index contributed by atoms with van der Waals surface area (Å²) in [5.41, 5.74) is 7.80. The maximum absolute atomic E-state index is 5.65. The van der Waals surface area contributed by atoms with E-state index in [1.54, 1.807) is 0 Å². The fourth-order valence-corrected chi connectivity index (χ4v) is 1.70. The van der Waals surface area contributed by atoms with Gasteiger partial charge in [-0.2, -0.15) is 5.10 Å². The summed E-state index contributed by atoms with van der Waals surface area (Å²) in [7, 11) is 0. The third-order valence-corrected chi connectivity index (χ3v) is 2.37. The Hall–Kier alpha value is -1.35. The Labute approximate surface area is 83.5 Å². The van der Waals surface area contributed by atoms with Crippen LogP contribution in [0.5, 0.6) is 0 Å². The van der Waals surface area contributed by atoms with Crippen LogP contribution < -0.4 is 5.73 Å². The lowest BCUT2D eigenvalue weighted by Crippen LogP contribution is -2.04. The van der Waals surface area contributed by atoms with Crippen LogP contribution >= 0.6 is 0 Å². The topological polar surface area (TPSA) is 43.8 Å². The number of hydrogen-bond acceptors (Lipinski definition) is 2. The highest BCUT2D eigenvalue weighted by Crippen LogP contribution is 2.20. The summed E-state index contributed by atoms with van der Waals surface area (Å²) in [6, 6.07) is 8.59. The first-order valence-corrected chi connectivity index (χ1v) is 4.90. The number of hydrogen-bond donors (Lipinski definition) is 1. The second-order valence-electron chi connectivity index (χ2n) is 3.71. The Balaban J connectivity index is 2.73. The molecule has 0 aliphatic heterocycles. The molecule has 0 aliphatic rings. The van der Waals surface area contributed by atoms with Crippen LogP contribution in [0.15, 0.2) is 24.3 Å². The van der Waals surface area contributed by atoms with E-state index in [-0.39, 0.29) is 0 Å². The van der Waals surface area contributed by atoms with E-state index in [0.29, 0.717) is 12.6 Å². The minimum absolute atomic E-state index is 0.375. The van der Waals surface area contributed by atoms with Crippen LogP contribution in [0, 0.1) is 0 Å². The quantitative estimate of drug-likeness (QED) is 0.786. The lowest BCUT2D eigenvalue weighted by molar-refractivity contribution is 0.544. The molecule has 0 saturated carbocycles. The number of nitrogens with zero attached hydrogens (tertiary/aromatic N) is 2. The molecule has 1 aromatic carbocycles. The van der Waals surface area contributed by atoms with Crippen LogP contribution in [0.3, 0.4) is 0 Å². The van der Waals surface area contributed by atoms with E-state index in [4.69, 9.17) is 5.73 Å². The van der Waals surface area contributed by atoms with Gasteiger partial charge in [-0.15, -0.1) is 0 Å². The molecule has 0 bridgehead atoms. The molecule has 1 heterocycles. The maximum Gasteiger partial charge on any atom is 0.0839 e. The van der Waals surface area contributed by atoms with Crippen LogP contribution in [0.2, 0.25) is 0 Å². The average molecular weight is 189 g/mol. The van der Waals surface area contributed by atoms with E-state index in [1.807, 2.05) is 16.8 Å². The summed E-state index contributed by atoms with van der Waals surface area (Å²) in [5.74, 6) is 0. The molecule has 0 atom stereocenters. The van der Waals surface area contributed by atoms with Crippen molar-refractivity contribution in [3.8, 4) is 0 Å². The van der Waals surface area contributed by atoms with Gasteiger partial charge in [0.05, 0.1) is 11.2 Å². The molecule has 2 aromatic rings. The van der Waals surface area contributed by atoms with Gasteiger partial charge in [0.2, 0.25) is 0 Å². The number of fused-ring (bicyclic) bond motifs is 1. The van der Waals surface area contributed by atoms with Crippen LogP contribution in [-0.2, 0) is 6.54 Å². The first kappa shape index (κ1) is 9.21. The molecule has 3 nitrogen and oxygen atoms in total. The molecule has 0 fully saturated rings. The molecule has 0 amide bonds. The molecule has 1 aromatic heterocycles. The number of para-hydroxylation sites is 1. The van der Waals surface area contributed by atoms with Gasteiger partial charge in [0.15, 0.2) is 0 Å². The van der Waals surface area contributed by atoms with E-state index in [2.05, 4.69) is 31.1 Å². The first-order chi connectivity index (χ1) is 6.74. The van der Waals surface area contributed by atoms with Crippen LogP contribution in [0.4, 0.5) is 0 Å². The van der Waals surface area contributed by atoms with Crippen molar-refractivity contribution >= 4 is 10.9 Å². The zero-order valence-corrected chi connectivity index (χ0v) is 8.57. The summed E-state index contributed by atoms with van der Waals surface area (Å²) in [6.45, 7) is 4.75. The molecule has 2 N–H and O–H groups in total. The lowest BCUT2D eigenvalue weighted by Gasteiger charge is -2.05. The van der Waals surface area contributed by atoms with E-state index < -0.39 is 0 Å². The third-order valence-electron chi connectivity index (χ3n) is 2.37. The molecule has 74 valence electrons. The second kappa shape index (κ2) is 3.42. The zero-order chi connectivity index (χ0) is 10.1. The van der Waals surface area contributed by atoms with Crippen molar-refractivity contribution in [2.75, 3.05) is 0 Å². The van der Waals surface area contributed by atoms with Crippen molar-refractivity contribution < 1.29 is 0 Å². The predicted octanol–water partition coefficient (Wildman–Crippen LogP) is 2.08. The number of aromatic nitrogens is 2. The molecular formula is C11H15N3. The summed E-state index contributed by atoms with van der Waals surface area (Å²) >= 11 is 0. The Kier molecular flexibility index (Phi) is 2.25. The predicted molar refractivity (Wildman–Crippen MR) is 58.0 cm³/mol. The fourth-order valence-electron chi connectivity index (χ4n) is 1.70. The molecule has 0 aliphatic carbocycles. The normalized spacial score (nSPS) is 11.4. The number of rotatable bonds is 2. The van der Waals surface area contributed by atoms with Gasteiger partial charge in [-0.25, -0.2) is 0 Å². The van der Waals surface area contributed by atoms with Gasteiger partial charge in [-0.05, 0) is 19.9 Å². The van der Waals surface area contributed by atoms with E-state index in [1.165, 1.54) is 10.9 Å². The van der Waals surface area contributed by atoms with E-state index >= 15 is 0 Å². The zero-order valence-electron chi connectivity index (χ0n) is 8.57. The maximum atomic E-state index is 5.65. The highest BCUT2D eigenvalue weighted by molar-refractivity contribution is 5.82. The second-order valence-corrected chi connectivity index (χ2v) is 3.71. The molecule has 0 saturated heterocycles. The SMILES string of the molecule is CC(C)n1nc(CN)c2ccccc21. The monoisotopic (exact) mass is 189 g/mol. The van der Waals surface area contributed by atoms with Gasteiger partial charge in [-0.3, -0.25) is 4.68 Å². The van der Waals surface area contributed by atoms with Gasteiger partial charge in [-0.1, -0.05) is 18.2 Å². The van der Waals surface area contributed by atoms with Crippen molar-refractivity contribution in [1.29, 1.82) is 0 Å². The molecule has 0 unspecified atom stereocenters. The Morgan fingerprint density at radius 3 is 2.71 bits per heavy atom. The van der Waals surface area contributed by atoms with Crippen LogP contribution in [0.1, 0.15) is 25.6 Å². The van der Waals surface area contributed by atoms with Crippen LogP contribution in [0.25, 0.3) is 10.9 Å². The first-order valence-electron chi connectivity index (χ1n) is 4.90. The van der Waals surface area contributed by atoms with Crippen molar-refractivity contribution in [2.24, 2.45) is 5.73 Å². The van der Waals surface area contributed by atoms with Gasteiger partial charge >= 0.3 is 0 Å². The van der Waals surface area contributed by atoms with Crippen molar-refractivity contribution in [3.63, 3.8) is 0 Å². The van der Waals surface area contributed by atoms with E-state index in [9.17, 15) is 0 Å². The molecule has 2 rings (SSSR count). The van der Waals surface area contributed by atoms with Crippen molar-refractivity contribution in [1.82, 2.24) is 9.78 Å². The highest BCUT2D eigenvalue weighted by atomic mass is 15.3. The molecule has 14 heavy (non-hydrogen) atoms. The van der Waals surface area contributed by atoms with Gasteiger partial charge in [0.25, 0.3) is 0 Å². The largest absolute Gasteiger partial charge is 0.325 e. The number of nitrogens with two attached hydrogens (primary N) is 1. The minimum Gasteiger partial charge on any atom is -0.325 e. The number of benzene rings is 1. The molecule has 0 spiro atoms. The lowest BCUT2D eigenvalue weighted by atomic mass is 10.2. The molecule has 3 heteroatoms. The third kappa shape index (κ3) is 1.30. The van der Waals surface area contributed by atoms with Crippen LogP contribution in [-0.4, -0.2) is 9.78 Å². The Morgan fingerprint density at radius 2 is 2.07 bits per heavy atom. The van der Waals surface area contributed by atoms with Gasteiger partial charge in [0.1, 0.15) is 0 Å². The van der Waals surface area contributed by atoms with Gasteiger partial charge < -0.3 is 5.73 Å². The molecule has 0 radical (unpaired) electrons. The Morgan fingerprint density at radius 1 is 1.36 bits per heavy atom. The Bertz CT molecular complexity index is 443. The fraction of sp³-hybridized carbons (Fsp3) is 0.364. The smallest absolute Gasteiger partial charge is 0.0839 e. The van der Waals surface area contributed by atoms with Crippen molar-refractivity contribution in [2.45, 2.75) is 26.4 Å². The summed E-state index contributed by atoms with van der Waals surface area (Å²) < 4.78 is 2.03. The van der Waals surface area contributed by atoms with Gasteiger partial charge in [0, 0.05) is 18.0 Å². The standard InChI is InChI=1S/C11H15N3/c1-8(2)14-11-6-4-3-5-9(11)10(7-12)13-14/h3-6,8H,7,12H2,1-2H3. The molecular weight excluding hydrogens is 174 g/mol. The minimum atomic E-state index is 0.375. The summed E-state index contributed by atoms with van der Waals surface area (Å²) in [6.07, 6.45) is 0. The highest BCUT2D eigenvalue weighted by Gasteiger charge is 2.09. The summed E-state index contributed by atoms with van der Waals surface area (Å²) in [4.78, 5) is 0. The van der Waals surface area contributed by atoms with E-state index in [0.717, 1.165) is 5.69 Å². The summed E-state index contributed by atoms with van der Waals surface area (Å²) in [5, 5.41) is 5.67.